The quantitative estimate of drug-likeness (QED) is 0.445. The SMILES string of the molecule is O=CC1(CO)C=Cc2ccccc2C=C1.[CH-]1CO1.[Re]. The largest absolute Gasteiger partial charge is 0.574 e. The van der Waals surface area contributed by atoms with Crippen molar-refractivity contribution < 1.29 is 35.1 Å². The van der Waals surface area contributed by atoms with Crippen LogP contribution in [0, 0.1) is 12.0 Å². The average Bonchev–Trinajstić information content (AvgIpc) is 3.29. The molecule has 1 heterocycles. The Balaban J connectivity index is 0.000000398. The van der Waals surface area contributed by atoms with E-state index in [-0.39, 0.29) is 27.0 Å². The van der Waals surface area contributed by atoms with Gasteiger partial charge in [-0.2, -0.15) is 6.61 Å². The number of fused-ring (bicyclic) bond motifs is 1. The zero-order valence-electron chi connectivity index (χ0n) is 10.3. The van der Waals surface area contributed by atoms with Crippen molar-refractivity contribution in [1.82, 2.24) is 0 Å². The number of benzene rings is 1. The Hall–Kier alpha value is -1.05. The van der Waals surface area contributed by atoms with Gasteiger partial charge in [-0.05, 0) is 11.1 Å². The van der Waals surface area contributed by atoms with Crippen LogP contribution >= 0.6 is 0 Å². The van der Waals surface area contributed by atoms with Gasteiger partial charge in [-0.15, -0.1) is 0 Å². The molecule has 19 heavy (non-hydrogen) atoms. The van der Waals surface area contributed by atoms with Crippen molar-refractivity contribution in [2.75, 3.05) is 13.2 Å². The Labute approximate surface area is 126 Å². The fourth-order valence-electron chi connectivity index (χ4n) is 1.58. The number of aldehydes is 1. The van der Waals surface area contributed by atoms with Crippen LogP contribution in [0.4, 0.5) is 0 Å². The van der Waals surface area contributed by atoms with Gasteiger partial charge in [-0.25, -0.2) is 0 Å². The average molecular weight is 429 g/mol. The van der Waals surface area contributed by atoms with Crippen LogP contribution in [0.15, 0.2) is 36.4 Å². The molecular weight excluding hydrogens is 414 g/mol. The van der Waals surface area contributed by atoms with E-state index in [2.05, 4.69) is 4.74 Å². The molecule has 0 spiro atoms. The summed E-state index contributed by atoms with van der Waals surface area (Å²) in [5.41, 5.74) is 1.26. The molecule has 1 saturated heterocycles. The van der Waals surface area contributed by atoms with Crippen LogP contribution in [0.5, 0.6) is 0 Å². The molecule has 1 radical (unpaired) electrons. The number of epoxide rings is 1. The molecule has 0 bridgehead atoms. The van der Waals surface area contributed by atoms with Crippen LogP contribution < -0.4 is 0 Å². The van der Waals surface area contributed by atoms with E-state index in [0.717, 1.165) is 24.0 Å². The van der Waals surface area contributed by atoms with Crippen molar-refractivity contribution >= 4 is 18.4 Å². The Bertz CT molecular complexity index is 442. The fourth-order valence-corrected chi connectivity index (χ4v) is 1.58. The smallest absolute Gasteiger partial charge is 0.136 e. The minimum Gasteiger partial charge on any atom is -0.574 e. The van der Waals surface area contributed by atoms with E-state index in [1.54, 1.807) is 18.8 Å². The monoisotopic (exact) mass is 430 g/mol. The third-order valence-corrected chi connectivity index (χ3v) is 2.80. The number of aliphatic hydroxyl groups excluding tert-OH is 1. The maximum Gasteiger partial charge on any atom is 0.136 e. The predicted octanol–water partition coefficient (Wildman–Crippen LogP) is 2.08. The van der Waals surface area contributed by atoms with Crippen LogP contribution in [-0.2, 0) is 30.0 Å². The summed E-state index contributed by atoms with van der Waals surface area (Å²) < 4.78 is 4.38. The molecule has 0 unspecified atom stereocenters. The van der Waals surface area contributed by atoms with Crippen molar-refractivity contribution in [3.05, 3.63) is 54.2 Å². The summed E-state index contributed by atoms with van der Waals surface area (Å²) in [7, 11) is 0. The second-order valence-electron chi connectivity index (χ2n) is 4.18. The third-order valence-electron chi connectivity index (χ3n) is 2.80. The topological polar surface area (TPSA) is 49.8 Å². The predicted molar refractivity (Wildman–Crippen MR) is 70.3 cm³/mol. The maximum absolute atomic E-state index is 11.0. The standard InChI is InChI=1S/C13H12O2.C2H3O.Re/c14-9-13(10-15)7-5-11-3-1-2-4-12(11)6-8-13;1-2-3-1;/h1-9,15H,10H2;1H,2H2;/q;-1;. The van der Waals surface area contributed by atoms with Gasteiger partial charge in [0.2, 0.25) is 0 Å². The van der Waals surface area contributed by atoms with Gasteiger partial charge in [0.15, 0.2) is 0 Å². The normalized spacial score (nSPS) is 17.1. The first-order valence-electron chi connectivity index (χ1n) is 5.78. The van der Waals surface area contributed by atoms with Gasteiger partial charge < -0.3 is 14.6 Å². The Morgan fingerprint density at radius 3 is 2.05 bits per heavy atom. The number of hydrogen-bond acceptors (Lipinski definition) is 3. The Morgan fingerprint density at radius 1 is 1.26 bits per heavy atom. The van der Waals surface area contributed by atoms with Crippen molar-refractivity contribution in [2.45, 2.75) is 0 Å². The molecule has 1 aromatic carbocycles. The van der Waals surface area contributed by atoms with Crippen molar-refractivity contribution in [3.8, 4) is 0 Å². The second-order valence-corrected chi connectivity index (χ2v) is 4.18. The molecule has 0 aromatic heterocycles. The van der Waals surface area contributed by atoms with Crippen molar-refractivity contribution in [1.29, 1.82) is 0 Å². The number of aliphatic hydroxyl groups is 1. The van der Waals surface area contributed by atoms with Gasteiger partial charge in [0.05, 0.1) is 12.0 Å². The van der Waals surface area contributed by atoms with Crippen molar-refractivity contribution in [3.63, 3.8) is 0 Å². The van der Waals surface area contributed by atoms with Crippen LogP contribution in [0.3, 0.4) is 0 Å². The Morgan fingerprint density at radius 2 is 1.74 bits per heavy atom. The summed E-state index contributed by atoms with van der Waals surface area (Å²) in [4.78, 5) is 11.0. The number of hydrogen-bond donors (Lipinski definition) is 1. The van der Waals surface area contributed by atoms with Crippen LogP contribution in [0.2, 0.25) is 0 Å². The summed E-state index contributed by atoms with van der Waals surface area (Å²) >= 11 is 0. The number of carbonyl (C=O) groups is 1. The van der Waals surface area contributed by atoms with E-state index in [0.29, 0.717) is 0 Å². The zero-order chi connectivity index (χ0) is 12.8. The molecule has 3 rings (SSSR count). The molecule has 1 N–H and O–H groups in total. The molecule has 2 aliphatic rings. The molecule has 3 nitrogen and oxygen atoms in total. The van der Waals surface area contributed by atoms with Crippen LogP contribution in [0.1, 0.15) is 11.1 Å². The van der Waals surface area contributed by atoms with Crippen LogP contribution in [-0.4, -0.2) is 24.6 Å². The summed E-state index contributed by atoms with van der Waals surface area (Å²) in [5.74, 6) is 0. The first-order chi connectivity index (χ1) is 8.79. The first-order valence-corrected chi connectivity index (χ1v) is 5.78. The minimum atomic E-state index is -0.862. The van der Waals surface area contributed by atoms with E-state index in [4.69, 9.17) is 0 Å². The number of ether oxygens (including phenoxy) is 1. The summed E-state index contributed by atoms with van der Waals surface area (Å²) in [6, 6.07) is 7.86. The molecule has 0 amide bonds. The molecule has 1 aliphatic heterocycles. The number of rotatable bonds is 2. The molecule has 1 aliphatic carbocycles. The summed E-state index contributed by atoms with van der Waals surface area (Å²) in [6.45, 7) is 2.43. The van der Waals surface area contributed by atoms with Gasteiger partial charge in [0.1, 0.15) is 6.29 Å². The van der Waals surface area contributed by atoms with Gasteiger partial charge in [0.25, 0.3) is 0 Å². The molecule has 1 fully saturated rings. The van der Waals surface area contributed by atoms with E-state index < -0.39 is 5.41 Å². The van der Waals surface area contributed by atoms with E-state index in [1.807, 2.05) is 36.4 Å². The maximum atomic E-state index is 11.0. The summed E-state index contributed by atoms with van der Waals surface area (Å²) in [5, 5.41) is 9.21. The van der Waals surface area contributed by atoms with Gasteiger partial charge in [0, 0.05) is 20.4 Å². The number of carbonyl (C=O) groups excluding carboxylic acids is 1. The molecule has 0 atom stereocenters. The third kappa shape index (κ3) is 4.52. The van der Waals surface area contributed by atoms with Crippen molar-refractivity contribution in [2.24, 2.45) is 5.41 Å². The van der Waals surface area contributed by atoms with Gasteiger partial charge in [-0.3, -0.25) is 0 Å². The van der Waals surface area contributed by atoms with E-state index in [1.165, 1.54) is 0 Å². The summed E-state index contributed by atoms with van der Waals surface area (Å²) in [6.07, 6.45) is 8.00. The molecule has 0 saturated carbocycles. The van der Waals surface area contributed by atoms with E-state index in [9.17, 15) is 9.90 Å². The molecule has 4 heteroatoms. The fraction of sp³-hybridized carbons (Fsp3) is 0.200. The minimum absolute atomic E-state index is 0. The first kappa shape index (κ1) is 16.0. The van der Waals surface area contributed by atoms with Gasteiger partial charge >= 0.3 is 0 Å². The van der Waals surface area contributed by atoms with Gasteiger partial charge in [-0.1, -0.05) is 55.2 Å². The second kappa shape index (κ2) is 7.52. The molecule has 101 valence electrons. The Kier molecular flexibility index (Phi) is 6.34. The molecule has 1 aromatic rings. The van der Waals surface area contributed by atoms with Crippen LogP contribution in [0.25, 0.3) is 12.2 Å². The zero-order valence-corrected chi connectivity index (χ0v) is 13.0. The van der Waals surface area contributed by atoms with E-state index >= 15 is 0 Å². The molecular formula is C15H15O3Re-.